The molecule has 0 aliphatic carbocycles. The van der Waals surface area contributed by atoms with Crippen LogP contribution in [0.25, 0.3) is 0 Å². The highest BCUT2D eigenvalue weighted by molar-refractivity contribution is 7.99. The largest absolute Gasteiger partial charge is 0.368 e. The molecule has 0 aliphatic rings. The zero-order valence-electron chi connectivity index (χ0n) is 8.97. The summed E-state index contributed by atoms with van der Waals surface area (Å²) in [6, 6.07) is 6.52. The van der Waals surface area contributed by atoms with E-state index in [1.807, 2.05) is 12.1 Å². The molecule has 0 saturated heterocycles. The third kappa shape index (κ3) is 3.67. The van der Waals surface area contributed by atoms with Gasteiger partial charge in [-0.2, -0.15) is 0 Å². The quantitative estimate of drug-likeness (QED) is 0.586. The van der Waals surface area contributed by atoms with Gasteiger partial charge >= 0.3 is 0 Å². The van der Waals surface area contributed by atoms with E-state index in [4.69, 9.17) is 11.5 Å². The van der Waals surface area contributed by atoms with E-state index in [0.717, 1.165) is 4.90 Å². The molecule has 0 radical (unpaired) electrons. The molecule has 1 aromatic carbocycles. The van der Waals surface area contributed by atoms with Gasteiger partial charge in [0.15, 0.2) is 5.78 Å². The summed E-state index contributed by atoms with van der Waals surface area (Å²) in [5, 5.41) is 0. The van der Waals surface area contributed by atoms with Crippen LogP contribution in [0.5, 0.6) is 0 Å². The summed E-state index contributed by atoms with van der Waals surface area (Å²) in [6.45, 7) is 1.52. The summed E-state index contributed by atoms with van der Waals surface area (Å²) < 4.78 is 0. The molecule has 4 N–H and O–H groups in total. The van der Waals surface area contributed by atoms with Crippen molar-refractivity contribution < 1.29 is 9.59 Å². The Morgan fingerprint density at radius 2 is 1.88 bits per heavy atom. The maximum absolute atomic E-state index is 11.0. The van der Waals surface area contributed by atoms with Crippen molar-refractivity contribution in [1.82, 2.24) is 0 Å². The molecular formula is C11H14N2O2S. The highest BCUT2D eigenvalue weighted by Crippen LogP contribution is 2.19. The van der Waals surface area contributed by atoms with Crippen LogP contribution < -0.4 is 11.5 Å². The monoisotopic (exact) mass is 238 g/mol. The van der Waals surface area contributed by atoms with Crippen LogP contribution in [0.1, 0.15) is 17.3 Å². The van der Waals surface area contributed by atoms with Crippen molar-refractivity contribution in [3.05, 3.63) is 29.8 Å². The minimum Gasteiger partial charge on any atom is -0.368 e. The molecular weight excluding hydrogens is 224 g/mol. The molecule has 0 aliphatic heterocycles. The van der Waals surface area contributed by atoms with E-state index in [2.05, 4.69) is 0 Å². The van der Waals surface area contributed by atoms with Crippen LogP contribution in [0, 0.1) is 0 Å². The van der Waals surface area contributed by atoms with E-state index in [9.17, 15) is 9.59 Å². The fourth-order valence-electron chi connectivity index (χ4n) is 1.05. The van der Waals surface area contributed by atoms with E-state index in [1.165, 1.54) is 18.7 Å². The lowest BCUT2D eigenvalue weighted by Gasteiger charge is -2.06. The molecule has 0 spiro atoms. The maximum Gasteiger partial charge on any atom is 0.235 e. The van der Waals surface area contributed by atoms with Crippen molar-refractivity contribution >= 4 is 23.5 Å². The maximum atomic E-state index is 11.0. The van der Waals surface area contributed by atoms with Gasteiger partial charge in [-0.1, -0.05) is 12.1 Å². The van der Waals surface area contributed by atoms with Crippen molar-refractivity contribution in [3.8, 4) is 0 Å². The van der Waals surface area contributed by atoms with Crippen LogP contribution in [0.15, 0.2) is 29.2 Å². The zero-order valence-corrected chi connectivity index (χ0v) is 9.79. The average Bonchev–Trinajstić information content (AvgIpc) is 2.26. The van der Waals surface area contributed by atoms with Gasteiger partial charge in [0.25, 0.3) is 0 Å². The van der Waals surface area contributed by atoms with Crippen molar-refractivity contribution in [2.45, 2.75) is 17.9 Å². The number of thioether (sulfide) groups is 1. The Bertz CT molecular complexity index is 389. The molecule has 0 bridgehead atoms. The predicted octanol–water partition coefficient (Wildman–Crippen LogP) is 0.794. The van der Waals surface area contributed by atoms with Gasteiger partial charge in [0.2, 0.25) is 5.91 Å². The van der Waals surface area contributed by atoms with Gasteiger partial charge < -0.3 is 11.5 Å². The van der Waals surface area contributed by atoms with Gasteiger partial charge in [0.05, 0.1) is 6.04 Å². The Balaban J connectivity index is 2.56. The topological polar surface area (TPSA) is 86.2 Å². The van der Waals surface area contributed by atoms with Crippen LogP contribution in [0.3, 0.4) is 0 Å². The molecule has 1 aromatic rings. The Labute approximate surface area is 98.4 Å². The number of rotatable bonds is 5. The van der Waals surface area contributed by atoms with E-state index >= 15 is 0 Å². The lowest BCUT2D eigenvalue weighted by Crippen LogP contribution is -2.38. The molecule has 0 saturated carbocycles. The second kappa shape index (κ2) is 5.67. The standard InChI is InChI=1S/C11H14N2O2S/c1-7(14)8-2-4-9(5-3-8)16-6-10(12)11(13)15/h2-5,10H,6,12H2,1H3,(H2,13,15)/t10-/m0/s1. The molecule has 86 valence electrons. The summed E-state index contributed by atoms with van der Waals surface area (Å²) >= 11 is 1.44. The number of hydrogen-bond donors (Lipinski definition) is 2. The number of amides is 1. The fourth-order valence-corrected chi connectivity index (χ4v) is 1.92. The first-order valence-corrected chi connectivity index (χ1v) is 5.78. The van der Waals surface area contributed by atoms with Crippen LogP contribution in [-0.2, 0) is 4.79 Å². The Hall–Kier alpha value is -1.33. The van der Waals surface area contributed by atoms with Crippen molar-refractivity contribution in [2.24, 2.45) is 11.5 Å². The van der Waals surface area contributed by atoms with E-state index < -0.39 is 11.9 Å². The van der Waals surface area contributed by atoms with E-state index in [0.29, 0.717) is 11.3 Å². The molecule has 1 atom stereocenters. The number of primary amides is 1. The van der Waals surface area contributed by atoms with Crippen LogP contribution >= 0.6 is 11.8 Å². The second-order valence-electron chi connectivity index (χ2n) is 3.40. The van der Waals surface area contributed by atoms with Crippen LogP contribution in [0.4, 0.5) is 0 Å². The van der Waals surface area contributed by atoms with Crippen molar-refractivity contribution in [2.75, 3.05) is 5.75 Å². The molecule has 16 heavy (non-hydrogen) atoms. The summed E-state index contributed by atoms with van der Waals surface area (Å²) in [5.41, 5.74) is 11.2. The number of carbonyl (C=O) groups excluding carboxylic acids is 2. The first-order valence-electron chi connectivity index (χ1n) is 4.79. The minimum absolute atomic E-state index is 0.0328. The minimum atomic E-state index is -0.641. The van der Waals surface area contributed by atoms with Crippen LogP contribution in [-0.4, -0.2) is 23.5 Å². The molecule has 0 aromatic heterocycles. The lowest BCUT2D eigenvalue weighted by molar-refractivity contribution is -0.118. The number of ketones is 1. The first-order chi connectivity index (χ1) is 7.50. The zero-order chi connectivity index (χ0) is 12.1. The number of hydrogen-bond acceptors (Lipinski definition) is 4. The van der Waals surface area contributed by atoms with Crippen molar-refractivity contribution in [3.63, 3.8) is 0 Å². The average molecular weight is 238 g/mol. The summed E-state index contributed by atoms with van der Waals surface area (Å²) in [6.07, 6.45) is 0. The summed E-state index contributed by atoms with van der Waals surface area (Å²) in [7, 11) is 0. The van der Waals surface area contributed by atoms with Gasteiger partial charge in [0.1, 0.15) is 0 Å². The molecule has 4 nitrogen and oxygen atoms in total. The summed E-state index contributed by atoms with van der Waals surface area (Å²) in [4.78, 5) is 22.7. The first kappa shape index (κ1) is 12.7. The third-order valence-electron chi connectivity index (χ3n) is 2.06. The highest BCUT2D eigenvalue weighted by atomic mass is 32.2. The molecule has 0 heterocycles. The molecule has 0 unspecified atom stereocenters. The molecule has 0 fully saturated rings. The summed E-state index contributed by atoms with van der Waals surface area (Å²) in [5.74, 6) is -0.0346. The number of benzene rings is 1. The Morgan fingerprint density at radius 1 is 1.31 bits per heavy atom. The normalized spacial score (nSPS) is 12.1. The number of carbonyl (C=O) groups is 2. The van der Waals surface area contributed by atoms with Gasteiger partial charge in [-0.05, 0) is 19.1 Å². The number of nitrogens with two attached hydrogens (primary N) is 2. The number of Topliss-reactive ketones (excluding diaryl/α,β-unsaturated/α-hetero) is 1. The molecule has 1 rings (SSSR count). The SMILES string of the molecule is CC(=O)c1ccc(SC[C@H](N)C(N)=O)cc1. The highest BCUT2D eigenvalue weighted by Gasteiger charge is 2.09. The van der Waals surface area contributed by atoms with Gasteiger partial charge in [-0.15, -0.1) is 11.8 Å². The van der Waals surface area contributed by atoms with E-state index in [-0.39, 0.29) is 5.78 Å². The van der Waals surface area contributed by atoms with Crippen molar-refractivity contribution in [1.29, 1.82) is 0 Å². The second-order valence-corrected chi connectivity index (χ2v) is 4.49. The lowest BCUT2D eigenvalue weighted by atomic mass is 10.2. The van der Waals surface area contributed by atoms with Crippen LogP contribution in [0.2, 0.25) is 0 Å². The Kier molecular flexibility index (Phi) is 4.52. The third-order valence-corrected chi connectivity index (χ3v) is 3.19. The molecule has 1 amide bonds. The van der Waals surface area contributed by atoms with Gasteiger partial charge in [-0.3, -0.25) is 9.59 Å². The predicted molar refractivity (Wildman–Crippen MR) is 64.3 cm³/mol. The molecule has 5 heteroatoms. The van der Waals surface area contributed by atoms with Gasteiger partial charge in [-0.25, -0.2) is 0 Å². The van der Waals surface area contributed by atoms with E-state index in [1.54, 1.807) is 12.1 Å². The Morgan fingerprint density at radius 3 is 2.31 bits per heavy atom. The van der Waals surface area contributed by atoms with Gasteiger partial charge in [0, 0.05) is 16.2 Å². The fraction of sp³-hybridized carbons (Fsp3) is 0.273. The smallest absolute Gasteiger partial charge is 0.235 e.